The van der Waals surface area contributed by atoms with E-state index in [4.69, 9.17) is 10.00 Å². The minimum Gasteiger partial charge on any atom is -0.495 e. The van der Waals surface area contributed by atoms with Crippen LogP contribution in [-0.2, 0) is 9.84 Å². The molecule has 0 spiro atoms. The van der Waals surface area contributed by atoms with Crippen LogP contribution in [0.4, 0.5) is 0 Å². The lowest BCUT2D eigenvalue weighted by atomic mass is 10.1. The fourth-order valence-electron chi connectivity index (χ4n) is 2.64. The number of pyridine rings is 1. The van der Waals surface area contributed by atoms with E-state index in [1.807, 2.05) is 6.07 Å². The molecule has 3 rings (SSSR count). The molecule has 2 aromatic heterocycles. The van der Waals surface area contributed by atoms with Crippen molar-refractivity contribution in [1.29, 1.82) is 5.26 Å². The third-order valence-corrected chi connectivity index (χ3v) is 6.68. The first-order chi connectivity index (χ1) is 12.2. The Labute approximate surface area is 152 Å². The number of aromatic nitrogens is 2. The zero-order chi connectivity index (χ0) is 19.1. The van der Waals surface area contributed by atoms with E-state index in [1.54, 1.807) is 55.6 Å². The zero-order valence-corrected chi connectivity index (χ0v) is 15.8. The third kappa shape index (κ3) is 2.82. The van der Waals surface area contributed by atoms with Crippen molar-refractivity contribution in [2.75, 3.05) is 7.11 Å². The third-order valence-electron chi connectivity index (χ3n) is 4.18. The van der Waals surface area contributed by atoms with Crippen LogP contribution in [0, 0.1) is 11.3 Å². The van der Waals surface area contributed by atoms with Gasteiger partial charge in [-0.1, -0.05) is 12.1 Å². The monoisotopic (exact) mass is 369 g/mol. The molecule has 0 bridgehead atoms. The average Bonchev–Trinajstić information content (AvgIpc) is 3.02. The van der Waals surface area contributed by atoms with Gasteiger partial charge in [-0.05, 0) is 32.9 Å². The highest BCUT2D eigenvalue weighted by Crippen LogP contribution is 2.34. The first kappa shape index (κ1) is 18.0. The molecule has 0 saturated heterocycles. The molecule has 0 radical (unpaired) electrons. The highest BCUT2D eigenvalue weighted by atomic mass is 32.2. The van der Waals surface area contributed by atoms with Gasteiger partial charge in [0.1, 0.15) is 16.3 Å². The van der Waals surface area contributed by atoms with Crippen LogP contribution in [0.2, 0.25) is 0 Å². The highest BCUT2D eigenvalue weighted by Gasteiger charge is 2.34. The Balaban J connectivity index is 2.31. The fraction of sp³-hybridized carbons (Fsp3) is 0.263. The SMILES string of the molecule is COc1cc2ncc(-c3cccc(C#N)c3)n2cc1S(=O)(=O)C(C)(C)C. The number of nitrogens with zero attached hydrogens (tertiary/aromatic N) is 3. The lowest BCUT2D eigenvalue weighted by molar-refractivity contribution is 0.401. The molecule has 0 aliphatic carbocycles. The molecule has 7 heteroatoms. The summed E-state index contributed by atoms with van der Waals surface area (Å²) in [5.74, 6) is 0.260. The van der Waals surface area contributed by atoms with Gasteiger partial charge >= 0.3 is 0 Å². The van der Waals surface area contributed by atoms with E-state index in [9.17, 15) is 8.42 Å². The number of hydrogen-bond donors (Lipinski definition) is 0. The number of hydrogen-bond acceptors (Lipinski definition) is 5. The number of sulfone groups is 1. The summed E-state index contributed by atoms with van der Waals surface area (Å²) in [6, 6.07) is 10.8. The molecule has 3 aromatic rings. The molecule has 0 saturated carbocycles. The van der Waals surface area contributed by atoms with E-state index in [2.05, 4.69) is 11.1 Å². The summed E-state index contributed by atoms with van der Waals surface area (Å²) in [6.45, 7) is 4.95. The number of imidazole rings is 1. The maximum atomic E-state index is 13.0. The number of methoxy groups -OCH3 is 1. The molecule has 0 atom stereocenters. The molecule has 0 N–H and O–H groups in total. The molecule has 0 aliphatic heterocycles. The van der Waals surface area contributed by atoms with Crippen LogP contribution in [0.5, 0.6) is 5.75 Å². The quantitative estimate of drug-likeness (QED) is 0.706. The normalized spacial score (nSPS) is 12.1. The van der Waals surface area contributed by atoms with Gasteiger partial charge in [-0.25, -0.2) is 13.4 Å². The molecule has 0 amide bonds. The lowest BCUT2D eigenvalue weighted by Crippen LogP contribution is -2.28. The van der Waals surface area contributed by atoms with E-state index in [0.29, 0.717) is 16.9 Å². The summed E-state index contributed by atoms with van der Waals surface area (Å²) >= 11 is 0. The average molecular weight is 369 g/mol. The molecule has 1 aromatic carbocycles. The lowest BCUT2D eigenvalue weighted by Gasteiger charge is -2.21. The van der Waals surface area contributed by atoms with Gasteiger partial charge in [0.05, 0.1) is 35.4 Å². The van der Waals surface area contributed by atoms with Gasteiger partial charge < -0.3 is 4.74 Å². The smallest absolute Gasteiger partial charge is 0.188 e. The van der Waals surface area contributed by atoms with Gasteiger partial charge in [0, 0.05) is 17.8 Å². The van der Waals surface area contributed by atoms with Crippen molar-refractivity contribution in [2.24, 2.45) is 0 Å². The van der Waals surface area contributed by atoms with Gasteiger partial charge in [0.2, 0.25) is 0 Å². The van der Waals surface area contributed by atoms with E-state index in [1.165, 1.54) is 13.3 Å². The summed E-state index contributed by atoms with van der Waals surface area (Å²) in [5.41, 5.74) is 2.56. The van der Waals surface area contributed by atoms with Crippen molar-refractivity contribution < 1.29 is 13.2 Å². The predicted octanol–water partition coefficient (Wildman–Crippen LogP) is 3.45. The fourth-order valence-corrected chi connectivity index (χ4v) is 3.95. The number of benzene rings is 1. The van der Waals surface area contributed by atoms with Crippen LogP contribution in [0.25, 0.3) is 16.9 Å². The first-order valence-electron chi connectivity index (χ1n) is 7.99. The Morgan fingerprint density at radius 1 is 1.23 bits per heavy atom. The minimum absolute atomic E-state index is 0.107. The number of rotatable bonds is 3. The number of nitriles is 1. The summed E-state index contributed by atoms with van der Waals surface area (Å²) in [7, 11) is -2.19. The topological polar surface area (TPSA) is 84.5 Å². The Morgan fingerprint density at radius 2 is 1.96 bits per heavy atom. The standard InChI is InChI=1S/C19H19N3O3S/c1-19(2,3)26(23,24)17-12-22-15(11-21-18(22)9-16(17)25-4)14-7-5-6-13(8-14)10-20/h5-9,11-12H,1-4H3. The molecule has 6 nitrogen and oxygen atoms in total. The van der Waals surface area contributed by atoms with Gasteiger partial charge in [-0.3, -0.25) is 4.40 Å². The van der Waals surface area contributed by atoms with Crippen LogP contribution in [0.3, 0.4) is 0 Å². The van der Waals surface area contributed by atoms with Crippen molar-refractivity contribution >= 4 is 15.5 Å². The Hall–Kier alpha value is -2.85. The molecule has 0 aliphatic rings. The van der Waals surface area contributed by atoms with Crippen LogP contribution in [-0.4, -0.2) is 29.7 Å². The molecule has 0 fully saturated rings. The minimum atomic E-state index is -3.63. The van der Waals surface area contributed by atoms with Crippen LogP contribution >= 0.6 is 0 Å². The molecular weight excluding hydrogens is 350 g/mol. The predicted molar refractivity (Wildman–Crippen MR) is 98.8 cm³/mol. The van der Waals surface area contributed by atoms with Crippen LogP contribution < -0.4 is 4.74 Å². The van der Waals surface area contributed by atoms with Gasteiger partial charge in [0.15, 0.2) is 9.84 Å². The Kier molecular flexibility index (Phi) is 4.24. The highest BCUT2D eigenvalue weighted by molar-refractivity contribution is 7.92. The second-order valence-electron chi connectivity index (χ2n) is 6.89. The number of ether oxygens (including phenoxy) is 1. The second kappa shape index (κ2) is 6.15. The summed E-state index contributed by atoms with van der Waals surface area (Å²) < 4.78 is 32.0. The van der Waals surface area contributed by atoms with E-state index >= 15 is 0 Å². The summed E-state index contributed by atoms with van der Waals surface area (Å²) in [4.78, 5) is 4.46. The van der Waals surface area contributed by atoms with Crippen molar-refractivity contribution in [2.45, 2.75) is 30.4 Å². The molecule has 2 heterocycles. The largest absolute Gasteiger partial charge is 0.495 e. The Bertz CT molecular complexity index is 1130. The molecular formula is C19H19N3O3S. The van der Waals surface area contributed by atoms with Crippen molar-refractivity contribution in [1.82, 2.24) is 9.38 Å². The maximum absolute atomic E-state index is 13.0. The van der Waals surface area contributed by atoms with Crippen LogP contribution in [0.1, 0.15) is 26.3 Å². The van der Waals surface area contributed by atoms with Crippen molar-refractivity contribution in [3.8, 4) is 23.1 Å². The first-order valence-corrected chi connectivity index (χ1v) is 9.47. The second-order valence-corrected chi connectivity index (χ2v) is 9.56. The van der Waals surface area contributed by atoms with Gasteiger partial charge in [0.25, 0.3) is 0 Å². The van der Waals surface area contributed by atoms with E-state index < -0.39 is 14.6 Å². The summed E-state index contributed by atoms with van der Waals surface area (Å²) in [6.07, 6.45) is 3.19. The van der Waals surface area contributed by atoms with Crippen molar-refractivity contribution in [3.63, 3.8) is 0 Å². The maximum Gasteiger partial charge on any atom is 0.188 e. The Morgan fingerprint density at radius 3 is 2.58 bits per heavy atom. The zero-order valence-electron chi connectivity index (χ0n) is 15.0. The van der Waals surface area contributed by atoms with E-state index in [0.717, 1.165) is 5.56 Å². The van der Waals surface area contributed by atoms with E-state index in [-0.39, 0.29) is 10.6 Å². The van der Waals surface area contributed by atoms with Gasteiger partial charge in [-0.15, -0.1) is 0 Å². The molecule has 26 heavy (non-hydrogen) atoms. The molecule has 134 valence electrons. The van der Waals surface area contributed by atoms with Gasteiger partial charge in [-0.2, -0.15) is 5.26 Å². The number of fused-ring (bicyclic) bond motifs is 1. The van der Waals surface area contributed by atoms with Crippen LogP contribution in [0.15, 0.2) is 47.6 Å². The molecule has 0 unspecified atom stereocenters. The van der Waals surface area contributed by atoms with Crippen molar-refractivity contribution in [3.05, 3.63) is 48.3 Å². The summed E-state index contributed by atoms with van der Waals surface area (Å²) in [5, 5.41) is 9.11.